The van der Waals surface area contributed by atoms with E-state index in [1.54, 1.807) is 0 Å². The first kappa shape index (κ1) is 14.8. The van der Waals surface area contributed by atoms with Crippen molar-refractivity contribution in [1.82, 2.24) is 9.80 Å². The van der Waals surface area contributed by atoms with Gasteiger partial charge in [0.1, 0.15) is 5.75 Å². The summed E-state index contributed by atoms with van der Waals surface area (Å²) < 4.78 is 6.01. The fraction of sp³-hybridized carbons (Fsp3) is 0.647. The summed E-state index contributed by atoms with van der Waals surface area (Å²) in [5.41, 5.74) is 10.3. The lowest BCUT2D eigenvalue weighted by atomic mass is 9.87. The zero-order valence-corrected chi connectivity index (χ0v) is 13.4. The molecule has 0 radical (unpaired) electrons. The van der Waals surface area contributed by atoms with Crippen LogP contribution in [0.25, 0.3) is 0 Å². The number of nitrogens with zero attached hydrogens (tertiary/aromatic N) is 2. The molecule has 0 saturated carbocycles. The molecule has 0 bridgehead atoms. The minimum absolute atomic E-state index is 0.0917. The molecule has 2 heterocycles. The van der Waals surface area contributed by atoms with E-state index in [4.69, 9.17) is 10.5 Å². The number of rotatable bonds is 2. The topological polar surface area (TPSA) is 41.7 Å². The van der Waals surface area contributed by atoms with Crippen molar-refractivity contribution in [3.63, 3.8) is 0 Å². The van der Waals surface area contributed by atoms with Gasteiger partial charge in [0, 0.05) is 50.2 Å². The highest BCUT2D eigenvalue weighted by molar-refractivity contribution is 5.46. The predicted molar refractivity (Wildman–Crippen MR) is 85.8 cm³/mol. The first-order valence-corrected chi connectivity index (χ1v) is 7.95. The maximum Gasteiger partial charge on any atom is 0.124 e. The largest absolute Gasteiger partial charge is 0.493 e. The molecule has 0 spiro atoms. The van der Waals surface area contributed by atoms with Crippen molar-refractivity contribution in [3.8, 4) is 5.75 Å². The molecule has 2 unspecified atom stereocenters. The van der Waals surface area contributed by atoms with Crippen LogP contribution < -0.4 is 10.5 Å². The van der Waals surface area contributed by atoms with Crippen LogP contribution in [-0.2, 0) is 0 Å². The Bertz CT molecular complexity index is 509. The number of piperazine rings is 1. The van der Waals surface area contributed by atoms with Gasteiger partial charge in [-0.1, -0.05) is 6.07 Å². The minimum atomic E-state index is 0.0917. The summed E-state index contributed by atoms with van der Waals surface area (Å²) in [6, 6.07) is 4.42. The second-order valence-corrected chi connectivity index (χ2v) is 6.69. The number of nitrogens with two attached hydrogens (primary N) is 1. The standard InChI is InChI=1S/C17H27N3O/c1-12-8-13(2)16-15(9-12)21-11-14(17(16)18)10-20-6-4-19(3)5-7-20/h8-9,14,17H,4-7,10-11,18H2,1-3H3. The fourth-order valence-electron chi connectivity index (χ4n) is 3.55. The Hall–Kier alpha value is -1.10. The zero-order valence-electron chi connectivity index (χ0n) is 13.4. The molecule has 2 N–H and O–H groups in total. The summed E-state index contributed by atoms with van der Waals surface area (Å²) in [6.45, 7) is 10.6. The molecule has 0 amide bonds. The van der Waals surface area contributed by atoms with Gasteiger partial charge in [0.25, 0.3) is 0 Å². The molecule has 1 aromatic carbocycles. The second-order valence-electron chi connectivity index (χ2n) is 6.69. The van der Waals surface area contributed by atoms with Crippen molar-refractivity contribution in [2.45, 2.75) is 19.9 Å². The van der Waals surface area contributed by atoms with Gasteiger partial charge in [0.15, 0.2) is 0 Å². The van der Waals surface area contributed by atoms with Crippen LogP contribution >= 0.6 is 0 Å². The molecule has 116 valence electrons. The van der Waals surface area contributed by atoms with Crippen LogP contribution in [0.1, 0.15) is 22.7 Å². The van der Waals surface area contributed by atoms with E-state index in [1.165, 1.54) is 16.7 Å². The van der Waals surface area contributed by atoms with E-state index in [1.807, 2.05) is 0 Å². The Morgan fingerprint density at radius 3 is 2.62 bits per heavy atom. The van der Waals surface area contributed by atoms with E-state index in [-0.39, 0.29) is 6.04 Å². The molecule has 1 saturated heterocycles. The van der Waals surface area contributed by atoms with Gasteiger partial charge in [0.2, 0.25) is 0 Å². The summed E-state index contributed by atoms with van der Waals surface area (Å²) in [5.74, 6) is 1.39. The van der Waals surface area contributed by atoms with Crippen LogP contribution in [0.3, 0.4) is 0 Å². The third kappa shape index (κ3) is 3.07. The van der Waals surface area contributed by atoms with Crippen LogP contribution in [0.5, 0.6) is 5.75 Å². The van der Waals surface area contributed by atoms with Gasteiger partial charge < -0.3 is 20.3 Å². The lowest BCUT2D eigenvalue weighted by Gasteiger charge is -2.38. The molecule has 3 rings (SSSR count). The van der Waals surface area contributed by atoms with E-state index in [9.17, 15) is 0 Å². The number of benzene rings is 1. The number of fused-ring (bicyclic) bond motifs is 1. The molecule has 2 aliphatic rings. The van der Waals surface area contributed by atoms with Gasteiger partial charge in [0.05, 0.1) is 6.61 Å². The highest BCUT2D eigenvalue weighted by atomic mass is 16.5. The van der Waals surface area contributed by atoms with E-state index in [0.717, 1.165) is 45.1 Å². The SMILES string of the molecule is Cc1cc(C)c2c(c1)OCC(CN1CCN(C)CC1)C2N. The average molecular weight is 289 g/mol. The summed E-state index contributed by atoms with van der Waals surface area (Å²) in [6.07, 6.45) is 0. The lowest BCUT2D eigenvalue weighted by Crippen LogP contribution is -2.48. The summed E-state index contributed by atoms with van der Waals surface area (Å²) in [4.78, 5) is 4.92. The van der Waals surface area contributed by atoms with Crippen molar-refractivity contribution < 1.29 is 4.74 Å². The van der Waals surface area contributed by atoms with Crippen molar-refractivity contribution in [3.05, 3.63) is 28.8 Å². The van der Waals surface area contributed by atoms with Crippen LogP contribution in [0.2, 0.25) is 0 Å². The molecule has 0 aromatic heterocycles. The average Bonchev–Trinajstić information content (AvgIpc) is 2.43. The quantitative estimate of drug-likeness (QED) is 0.897. The Kier molecular flexibility index (Phi) is 4.20. The lowest BCUT2D eigenvalue weighted by molar-refractivity contribution is 0.0995. The third-order valence-corrected chi connectivity index (χ3v) is 4.88. The maximum atomic E-state index is 6.57. The molecule has 21 heavy (non-hydrogen) atoms. The smallest absolute Gasteiger partial charge is 0.124 e. The molecule has 0 aliphatic carbocycles. The van der Waals surface area contributed by atoms with Crippen molar-refractivity contribution in [1.29, 1.82) is 0 Å². The molecule has 2 atom stereocenters. The van der Waals surface area contributed by atoms with Crippen molar-refractivity contribution >= 4 is 0 Å². The van der Waals surface area contributed by atoms with Gasteiger partial charge in [-0.05, 0) is 38.1 Å². The first-order valence-electron chi connectivity index (χ1n) is 7.95. The first-order chi connectivity index (χ1) is 10.0. The van der Waals surface area contributed by atoms with Crippen molar-refractivity contribution in [2.75, 3.05) is 46.4 Å². The zero-order chi connectivity index (χ0) is 15.0. The van der Waals surface area contributed by atoms with Gasteiger partial charge >= 0.3 is 0 Å². The highest BCUT2D eigenvalue weighted by Gasteiger charge is 2.31. The van der Waals surface area contributed by atoms with Gasteiger partial charge in [-0.25, -0.2) is 0 Å². The van der Waals surface area contributed by atoms with Gasteiger partial charge in [-0.3, -0.25) is 0 Å². The number of likely N-dealkylation sites (N-methyl/N-ethyl adjacent to an activating group) is 1. The molecule has 4 heteroatoms. The number of hydrogen-bond donors (Lipinski definition) is 1. The van der Waals surface area contributed by atoms with Crippen LogP contribution in [0, 0.1) is 19.8 Å². The Morgan fingerprint density at radius 2 is 1.90 bits per heavy atom. The van der Waals surface area contributed by atoms with Gasteiger partial charge in [-0.2, -0.15) is 0 Å². The van der Waals surface area contributed by atoms with Gasteiger partial charge in [-0.15, -0.1) is 0 Å². The number of ether oxygens (including phenoxy) is 1. The molecular formula is C17H27N3O. The van der Waals surface area contributed by atoms with E-state index in [2.05, 4.69) is 42.8 Å². The molecule has 4 nitrogen and oxygen atoms in total. The van der Waals surface area contributed by atoms with Crippen LogP contribution in [-0.4, -0.2) is 56.2 Å². The van der Waals surface area contributed by atoms with E-state index >= 15 is 0 Å². The molecule has 1 fully saturated rings. The van der Waals surface area contributed by atoms with E-state index < -0.39 is 0 Å². The summed E-state index contributed by atoms with van der Waals surface area (Å²) >= 11 is 0. The third-order valence-electron chi connectivity index (χ3n) is 4.88. The number of aryl methyl sites for hydroxylation is 2. The maximum absolute atomic E-state index is 6.57. The number of hydrogen-bond acceptors (Lipinski definition) is 4. The molecule has 1 aromatic rings. The Morgan fingerprint density at radius 1 is 1.19 bits per heavy atom. The minimum Gasteiger partial charge on any atom is -0.493 e. The second kappa shape index (κ2) is 5.95. The monoisotopic (exact) mass is 289 g/mol. The van der Waals surface area contributed by atoms with Crippen LogP contribution in [0.15, 0.2) is 12.1 Å². The molecule has 2 aliphatic heterocycles. The van der Waals surface area contributed by atoms with E-state index in [0.29, 0.717) is 5.92 Å². The fourth-order valence-corrected chi connectivity index (χ4v) is 3.55. The predicted octanol–water partition coefficient (Wildman–Crippen LogP) is 1.56. The Labute approximate surface area is 127 Å². The summed E-state index contributed by atoms with van der Waals surface area (Å²) in [5, 5.41) is 0. The normalized spacial score (nSPS) is 27.2. The van der Waals surface area contributed by atoms with Crippen molar-refractivity contribution in [2.24, 2.45) is 11.7 Å². The highest BCUT2D eigenvalue weighted by Crippen LogP contribution is 2.37. The van der Waals surface area contributed by atoms with Crippen LogP contribution in [0.4, 0.5) is 0 Å². The Balaban J connectivity index is 1.72. The summed E-state index contributed by atoms with van der Waals surface area (Å²) in [7, 11) is 2.19. The molecular weight excluding hydrogens is 262 g/mol.